The molecule has 0 radical (unpaired) electrons. The number of amides is 2. The number of hydrogen-bond donors (Lipinski definition) is 3. The predicted molar refractivity (Wildman–Crippen MR) is 73.1 cm³/mol. The summed E-state index contributed by atoms with van der Waals surface area (Å²) in [5.41, 5.74) is -1.25. The number of carboxylic acid groups (broad SMARTS) is 1. The van der Waals surface area contributed by atoms with Gasteiger partial charge in [0.2, 0.25) is 0 Å². The first-order valence-corrected chi connectivity index (χ1v) is 6.66. The standard InChI is InChI=1S/C13H26N2O4/c1-6-13(5,11(16)17)15-12(18)14-10(9(3)4)8-19-7-2/h9-10H,6-8H2,1-5H3,(H,16,17)(H2,14,15,18). The molecule has 0 saturated carbocycles. The lowest BCUT2D eigenvalue weighted by atomic mass is 9.99. The molecule has 0 aliphatic carbocycles. The van der Waals surface area contributed by atoms with Crippen molar-refractivity contribution in [1.82, 2.24) is 10.6 Å². The van der Waals surface area contributed by atoms with E-state index in [9.17, 15) is 9.59 Å². The summed E-state index contributed by atoms with van der Waals surface area (Å²) in [5.74, 6) is -0.842. The summed E-state index contributed by atoms with van der Waals surface area (Å²) in [7, 11) is 0. The Morgan fingerprint density at radius 2 is 1.89 bits per heavy atom. The van der Waals surface area contributed by atoms with Gasteiger partial charge in [-0.1, -0.05) is 20.8 Å². The van der Waals surface area contributed by atoms with E-state index in [1.807, 2.05) is 20.8 Å². The van der Waals surface area contributed by atoms with Crippen LogP contribution in [0.15, 0.2) is 0 Å². The van der Waals surface area contributed by atoms with Gasteiger partial charge in [0.1, 0.15) is 5.54 Å². The van der Waals surface area contributed by atoms with E-state index in [1.165, 1.54) is 6.92 Å². The molecule has 0 bridgehead atoms. The molecule has 6 heteroatoms. The van der Waals surface area contributed by atoms with Crippen molar-refractivity contribution in [3.8, 4) is 0 Å². The van der Waals surface area contributed by atoms with Crippen LogP contribution in [0, 0.1) is 5.92 Å². The Bertz CT molecular complexity index is 307. The fourth-order valence-electron chi connectivity index (χ4n) is 1.39. The van der Waals surface area contributed by atoms with Gasteiger partial charge in [-0.15, -0.1) is 0 Å². The Balaban J connectivity index is 4.52. The Morgan fingerprint density at radius 1 is 1.32 bits per heavy atom. The molecular formula is C13H26N2O4. The molecule has 0 aromatic rings. The minimum atomic E-state index is -1.25. The molecule has 3 N–H and O–H groups in total. The number of nitrogens with one attached hydrogen (secondary N) is 2. The van der Waals surface area contributed by atoms with Crippen molar-refractivity contribution in [2.75, 3.05) is 13.2 Å². The van der Waals surface area contributed by atoms with Crippen molar-refractivity contribution in [2.24, 2.45) is 5.92 Å². The number of rotatable bonds is 8. The van der Waals surface area contributed by atoms with Crippen molar-refractivity contribution in [1.29, 1.82) is 0 Å². The fourth-order valence-corrected chi connectivity index (χ4v) is 1.39. The van der Waals surface area contributed by atoms with E-state index in [1.54, 1.807) is 6.92 Å². The van der Waals surface area contributed by atoms with Gasteiger partial charge in [0, 0.05) is 6.61 Å². The minimum absolute atomic E-state index is 0.144. The number of urea groups is 1. The summed E-state index contributed by atoms with van der Waals surface area (Å²) in [5, 5.41) is 14.4. The molecule has 0 saturated heterocycles. The van der Waals surface area contributed by atoms with E-state index < -0.39 is 17.5 Å². The van der Waals surface area contributed by atoms with Crippen LogP contribution >= 0.6 is 0 Å². The summed E-state index contributed by atoms with van der Waals surface area (Å²) in [4.78, 5) is 23.0. The van der Waals surface area contributed by atoms with E-state index in [0.29, 0.717) is 19.6 Å². The third-order valence-corrected chi connectivity index (χ3v) is 3.19. The molecule has 0 spiro atoms. The first kappa shape index (κ1) is 17.7. The predicted octanol–water partition coefficient (Wildman–Crippen LogP) is 1.60. The Labute approximate surface area is 114 Å². The number of ether oxygens (including phenoxy) is 1. The van der Waals surface area contributed by atoms with Crippen LogP contribution in [0.25, 0.3) is 0 Å². The van der Waals surface area contributed by atoms with Crippen molar-refractivity contribution in [3.63, 3.8) is 0 Å². The van der Waals surface area contributed by atoms with E-state index in [0.717, 1.165) is 0 Å². The quantitative estimate of drug-likeness (QED) is 0.627. The van der Waals surface area contributed by atoms with Gasteiger partial charge in [-0.05, 0) is 26.2 Å². The molecular weight excluding hydrogens is 248 g/mol. The molecule has 112 valence electrons. The first-order chi connectivity index (χ1) is 8.76. The summed E-state index contributed by atoms with van der Waals surface area (Å²) < 4.78 is 5.30. The maximum atomic E-state index is 11.9. The zero-order chi connectivity index (χ0) is 15.1. The molecule has 0 aromatic heterocycles. The average molecular weight is 274 g/mol. The number of hydrogen-bond acceptors (Lipinski definition) is 3. The van der Waals surface area contributed by atoms with Crippen LogP contribution in [0.3, 0.4) is 0 Å². The molecule has 6 nitrogen and oxygen atoms in total. The second-order valence-corrected chi connectivity index (χ2v) is 5.10. The molecule has 0 rings (SSSR count). The summed E-state index contributed by atoms with van der Waals surface area (Å²) in [6.45, 7) is 10.0. The lowest BCUT2D eigenvalue weighted by Gasteiger charge is -2.28. The molecule has 0 aliphatic heterocycles. The zero-order valence-electron chi connectivity index (χ0n) is 12.4. The van der Waals surface area contributed by atoms with Gasteiger partial charge in [-0.2, -0.15) is 0 Å². The van der Waals surface area contributed by atoms with Crippen LogP contribution in [-0.2, 0) is 9.53 Å². The Kier molecular flexibility index (Phi) is 7.44. The molecule has 19 heavy (non-hydrogen) atoms. The highest BCUT2D eigenvalue weighted by molar-refractivity contribution is 5.85. The third-order valence-electron chi connectivity index (χ3n) is 3.19. The molecule has 0 aromatic carbocycles. The molecule has 0 fully saturated rings. The average Bonchev–Trinajstić information content (AvgIpc) is 2.33. The highest BCUT2D eigenvalue weighted by Crippen LogP contribution is 2.09. The van der Waals surface area contributed by atoms with Gasteiger partial charge >= 0.3 is 12.0 Å². The van der Waals surface area contributed by atoms with Crippen molar-refractivity contribution in [3.05, 3.63) is 0 Å². The molecule has 0 heterocycles. The minimum Gasteiger partial charge on any atom is -0.480 e. The SMILES string of the molecule is CCOCC(NC(=O)NC(C)(CC)C(=O)O)C(C)C. The lowest BCUT2D eigenvalue weighted by Crippen LogP contribution is -2.57. The maximum Gasteiger partial charge on any atom is 0.329 e. The second-order valence-electron chi connectivity index (χ2n) is 5.10. The van der Waals surface area contributed by atoms with Crippen LogP contribution in [-0.4, -0.2) is 41.9 Å². The maximum absolute atomic E-state index is 11.9. The monoisotopic (exact) mass is 274 g/mol. The van der Waals surface area contributed by atoms with Crippen LogP contribution in [0.1, 0.15) is 41.0 Å². The topological polar surface area (TPSA) is 87.7 Å². The van der Waals surface area contributed by atoms with Crippen molar-refractivity contribution in [2.45, 2.75) is 52.6 Å². The number of carboxylic acids is 1. The van der Waals surface area contributed by atoms with Gasteiger partial charge in [-0.3, -0.25) is 0 Å². The highest BCUT2D eigenvalue weighted by atomic mass is 16.5. The first-order valence-electron chi connectivity index (χ1n) is 6.66. The molecule has 0 aliphatic rings. The van der Waals surface area contributed by atoms with Crippen LogP contribution < -0.4 is 10.6 Å². The zero-order valence-corrected chi connectivity index (χ0v) is 12.4. The summed E-state index contributed by atoms with van der Waals surface area (Å²) in [6, 6.07) is -0.625. The Morgan fingerprint density at radius 3 is 2.26 bits per heavy atom. The van der Waals surface area contributed by atoms with Crippen LogP contribution in [0.5, 0.6) is 0 Å². The fraction of sp³-hybridized carbons (Fsp3) is 0.846. The Hall–Kier alpha value is -1.30. The van der Waals surface area contributed by atoms with Gasteiger partial charge in [0.05, 0.1) is 12.6 Å². The van der Waals surface area contributed by atoms with E-state index in [-0.39, 0.29) is 12.0 Å². The van der Waals surface area contributed by atoms with Gasteiger partial charge in [0.15, 0.2) is 0 Å². The van der Waals surface area contributed by atoms with E-state index >= 15 is 0 Å². The molecule has 2 amide bonds. The smallest absolute Gasteiger partial charge is 0.329 e. The van der Waals surface area contributed by atoms with E-state index in [4.69, 9.17) is 9.84 Å². The molecule has 2 unspecified atom stereocenters. The summed E-state index contributed by atoms with van der Waals surface area (Å²) >= 11 is 0. The number of carbonyl (C=O) groups excluding carboxylic acids is 1. The van der Waals surface area contributed by atoms with Gasteiger partial charge in [-0.25, -0.2) is 9.59 Å². The van der Waals surface area contributed by atoms with Crippen molar-refractivity contribution >= 4 is 12.0 Å². The van der Waals surface area contributed by atoms with Crippen LogP contribution in [0.4, 0.5) is 4.79 Å². The highest BCUT2D eigenvalue weighted by Gasteiger charge is 2.33. The van der Waals surface area contributed by atoms with Crippen LogP contribution in [0.2, 0.25) is 0 Å². The largest absolute Gasteiger partial charge is 0.480 e. The number of aliphatic carboxylic acids is 1. The van der Waals surface area contributed by atoms with E-state index in [2.05, 4.69) is 10.6 Å². The lowest BCUT2D eigenvalue weighted by molar-refractivity contribution is -0.143. The third kappa shape index (κ3) is 5.92. The second kappa shape index (κ2) is 7.99. The van der Waals surface area contributed by atoms with Crippen molar-refractivity contribution < 1.29 is 19.4 Å². The summed E-state index contributed by atoms with van der Waals surface area (Å²) in [6.07, 6.45) is 0.313. The van der Waals surface area contributed by atoms with Gasteiger partial charge < -0.3 is 20.5 Å². The van der Waals surface area contributed by atoms with Gasteiger partial charge in [0.25, 0.3) is 0 Å². The normalized spacial score (nSPS) is 15.7. The molecule has 2 atom stereocenters. The number of carbonyl (C=O) groups is 2.